The predicted octanol–water partition coefficient (Wildman–Crippen LogP) is 2.85. The van der Waals surface area contributed by atoms with Crippen molar-refractivity contribution in [1.82, 2.24) is 0 Å². The van der Waals surface area contributed by atoms with Crippen molar-refractivity contribution in [1.29, 1.82) is 0 Å². The van der Waals surface area contributed by atoms with Crippen molar-refractivity contribution in [2.45, 2.75) is 19.3 Å². The highest BCUT2D eigenvalue weighted by molar-refractivity contribution is 5.37. The summed E-state index contributed by atoms with van der Waals surface area (Å²) in [7, 11) is 0. The molecule has 0 aliphatic rings. The molecule has 0 atom stereocenters. The van der Waals surface area contributed by atoms with E-state index >= 15 is 0 Å². The molecule has 75 valence electrons. The molecule has 1 rings (SSSR count). The quantitative estimate of drug-likeness (QED) is 0.539. The number of benzene rings is 1. The largest absolute Gasteiger partial charge is 0.272 e. The zero-order valence-corrected chi connectivity index (χ0v) is 8.08. The first kappa shape index (κ1) is 10.6. The van der Waals surface area contributed by atoms with Gasteiger partial charge >= 0.3 is 0 Å². The van der Waals surface area contributed by atoms with Crippen molar-refractivity contribution < 1.29 is 9.31 Å². The third-order valence-electron chi connectivity index (χ3n) is 1.89. The summed E-state index contributed by atoms with van der Waals surface area (Å²) in [5.41, 5.74) is -0.447. The summed E-state index contributed by atoms with van der Waals surface area (Å²) in [5.74, 6) is -0.584. The van der Waals surface area contributed by atoms with Gasteiger partial charge in [0, 0.05) is 6.07 Å². The van der Waals surface area contributed by atoms with Crippen LogP contribution in [0, 0.1) is 22.9 Å². The number of hydrogen-bond acceptors (Lipinski definition) is 2. The highest BCUT2D eigenvalue weighted by Crippen LogP contribution is 2.27. The van der Waals surface area contributed by atoms with Crippen molar-refractivity contribution >= 4 is 5.69 Å². The van der Waals surface area contributed by atoms with Gasteiger partial charge in [-0.25, -0.2) is 4.39 Å². The Morgan fingerprint density at radius 3 is 2.43 bits per heavy atom. The first-order valence-corrected chi connectivity index (χ1v) is 4.12. The summed E-state index contributed by atoms with van der Waals surface area (Å²) in [4.78, 5) is 9.72. The fourth-order valence-corrected chi connectivity index (χ4v) is 1.17. The maximum atomic E-state index is 13.4. The summed E-state index contributed by atoms with van der Waals surface area (Å²) >= 11 is 0. The molecular weight excluding hydrogens is 185 g/mol. The lowest BCUT2D eigenvalue weighted by atomic mass is 9.86. The highest BCUT2D eigenvalue weighted by atomic mass is 19.1. The van der Waals surface area contributed by atoms with Crippen molar-refractivity contribution in [3.63, 3.8) is 0 Å². The molecule has 0 amide bonds. The lowest BCUT2D eigenvalue weighted by Gasteiger charge is -2.18. The Morgan fingerprint density at radius 2 is 2.07 bits per heavy atom. The summed E-state index contributed by atoms with van der Waals surface area (Å²) in [6.07, 6.45) is 0. The molecule has 0 saturated heterocycles. The Hall–Kier alpha value is -1.45. The van der Waals surface area contributed by atoms with Crippen LogP contribution < -0.4 is 0 Å². The minimum absolute atomic E-state index is 0.240. The smallest absolute Gasteiger partial charge is 0.258 e. The number of non-ortho nitro benzene ring substituents is 1. The molecule has 1 radical (unpaired) electrons. The van der Waals surface area contributed by atoms with Gasteiger partial charge in [-0.1, -0.05) is 13.8 Å². The second-order valence-electron chi connectivity index (χ2n) is 3.81. The Balaban J connectivity index is 3.21. The normalized spacial score (nSPS) is 11.4. The van der Waals surface area contributed by atoms with Gasteiger partial charge in [-0.2, -0.15) is 0 Å². The van der Waals surface area contributed by atoms with Crippen LogP contribution in [-0.2, 0) is 5.41 Å². The lowest BCUT2D eigenvalue weighted by molar-refractivity contribution is -0.385. The van der Waals surface area contributed by atoms with Crippen LogP contribution in [0.4, 0.5) is 10.1 Å². The van der Waals surface area contributed by atoms with Crippen LogP contribution in [0.1, 0.15) is 19.4 Å². The summed E-state index contributed by atoms with van der Waals surface area (Å²) in [5, 5.41) is 10.3. The molecule has 0 saturated carbocycles. The van der Waals surface area contributed by atoms with Crippen molar-refractivity contribution in [2.24, 2.45) is 0 Å². The van der Waals surface area contributed by atoms with Gasteiger partial charge in [0.25, 0.3) is 5.69 Å². The Labute approximate surface area is 81.7 Å². The van der Waals surface area contributed by atoms with Crippen LogP contribution in [0.3, 0.4) is 0 Å². The third kappa shape index (κ3) is 2.07. The van der Waals surface area contributed by atoms with Crippen LogP contribution in [0.5, 0.6) is 0 Å². The number of rotatable bonds is 2. The first-order valence-electron chi connectivity index (χ1n) is 4.12. The summed E-state index contributed by atoms with van der Waals surface area (Å²) in [6, 6.07) is 3.61. The average molecular weight is 196 g/mol. The molecule has 14 heavy (non-hydrogen) atoms. The van der Waals surface area contributed by atoms with Crippen LogP contribution in [0.15, 0.2) is 18.2 Å². The topological polar surface area (TPSA) is 43.1 Å². The molecule has 0 N–H and O–H groups in total. The maximum absolute atomic E-state index is 13.4. The zero-order chi connectivity index (χ0) is 10.9. The number of nitro benzene ring substituents is 1. The molecule has 0 aliphatic carbocycles. The minimum atomic E-state index is -0.622. The first-order chi connectivity index (χ1) is 6.32. The molecule has 4 heteroatoms. The fourth-order valence-electron chi connectivity index (χ4n) is 1.17. The molecule has 0 aromatic heterocycles. The number of nitrogens with zero attached hydrogens (tertiary/aromatic N) is 1. The van der Waals surface area contributed by atoms with Crippen molar-refractivity contribution in [3.8, 4) is 0 Å². The van der Waals surface area contributed by atoms with Gasteiger partial charge in [-0.15, -0.1) is 0 Å². The highest BCUT2D eigenvalue weighted by Gasteiger charge is 2.20. The second-order valence-corrected chi connectivity index (χ2v) is 3.81. The van der Waals surface area contributed by atoms with E-state index in [4.69, 9.17) is 0 Å². The van der Waals surface area contributed by atoms with Gasteiger partial charge in [0.05, 0.1) is 11.0 Å². The minimum Gasteiger partial charge on any atom is -0.258 e. The third-order valence-corrected chi connectivity index (χ3v) is 1.89. The molecule has 0 heterocycles. The predicted molar refractivity (Wildman–Crippen MR) is 51.4 cm³/mol. The van der Waals surface area contributed by atoms with E-state index in [1.165, 1.54) is 12.1 Å². The van der Waals surface area contributed by atoms with Crippen LogP contribution in [0.2, 0.25) is 0 Å². The van der Waals surface area contributed by atoms with E-state index in [1.54, 1.807) is 13.8 Å². The van der Waals surface area contributed by atoms with Crippen molar-refractivity contribution in [3.05, 3.63) is 46.6 Å². The van der Waals surface area contributed by atoms with E-state index in [0.29, 0.717) is 5.56 Å². The summed E-state index contributed by atoms with van der Waals surface area (Å²) < 4.78 is 13.4. The van der Waals surface area contributed by atoms with Crippen LogP contribution in [0.25, 0.3) is 0 Å². The number of halogens is 1. The second kappa shape index (κ2) is 3.36. The SMILES string of the molecule is [CH2]C(C)(C)c1ccc([N+](=O)[O-])cc1F. The van der Waals surface area contributed by atoms with Crippen LogP contribution >= 0.6 is 0 Å². The Morgan fingerprint density at radius 1 is 1.50 bits per heavy atom. The van der Waals surface area contributed by atoms with E-state index in [-0.39, 0.29) is 5.69 Å². The average Bonchev–Trinajstić information content (AvgIpc) is 2.01. The molecule has 0 bridgehead atoms. The Kier molecular flexibility index (Phi) is 2.55. The van der Waals surface area contributed by atoms with E-state index in [2.05, 4.69) is 6.92 Å². The lowest BCUT2D eigenvalue weighted by Crippen LogP contribution is -2.14. The van der Waals surface area contributed by atoms with Crippen molar-refractivity contribution in [2.75, 3.05) is 0 Å². The van der Waals surface area contributed by atoms with E-state index < -0.39 is 16.2 Å². The van der Waals surface area contributed by atoms with Gasteiger partial charge in [-0.3, -0.25) is 10.1 Å². The zero-order valence-electron chi connectivity index (χ0n) is 8.08. The van der Waals surface area contributed by atoms with E-state index in [1.807, 2.05) is 0 Å². The van der Waals surface area contributed by atoms with Gasteiger partial charge in [0.2, 0.25) is 0 Å². The molecule has 0 fully saturated rings. The molecule has 0 spiro atoms. The fraction of sp³-hybridized carbons (Fsp3) is 0.300. The monoisotopic (exact) mass is 196 g/mol. The number of hydrogen-bond donors (Lipinski definition) is 0. The standard InChI is InChI=1S/C10H11FNO2/c1-10(2,3)8-5-4-7(12(13)14)6-9(8)11/h4-6H,1H2,2-3H3. The molecule has 0 aliphatic heterocycles. The van der Waals surface area contributed by atoms with Gasteiger partial charge in [0.1, 0.15) is 5.82 Å². The number of nitro groups is 1. The molecule has 1 aromatic rings. The molecule has 1 aromatic carbocycles. The molecular formula is C10H11FNO2. The maximum Gasteiger partial charge on any atom is 0.272 e. The van der Waals surface area contributed by atoms with Crippen LogP contribution in [-0.4, -0.2) is 4.92 Å². The Bertz CT molecular complexity index is 369. The van der Waals surface area contributed by atoms with Gasteiger partial charge in [-0.05, 0) is 24.0 Å². The molecule has 3 nitrogen and oxygen atoms in total. The van der Waals surface area contributed by atoms with E-state index in [9.17, 15) is 14.5 Å². The van der Waals surface area contributed by atoms with Gasteiger partial charge < -0.3 is 0 Å². The summed E-state index contributed by atoms with van der Waals surface area (Å²) in [6.45, 7) is 7.26. The van der Waals surface area contributed by atoms with Gasteiger partial charge in [0.15, 0.2) is 0 Å². The molecule has 0 unspecified atom stereocenters. The van der Waals surface area contributed by atoms with E-state index in [0.717, 1.165) is 6.07 Å².